The van der Waals surface area contributed by atoms with Crippen molar-refractivity contribution in [1.82, 2.24) is 9.55 Å². The average molecular weight is 206 g/mol. The average Bonchev–Trinajstić information content (AvgIpc) is 2.64. The molecule has 1 unspecified atom stereocenters. The molecule has 2 aliphatic carbocycles. The van der Waals surface area contributed by atoms with Gasteiger partial charge in [0.2, 0.25) is 0 Å². The predicted octanol–water partition coefficient (Wildman–Crippen LogP) is 2.09. The number of carboxylic acids is 1. The van der Waals surface area contributed by atoms with Gasteiger partial charge in [-0.05, 0) is 24.7 Å². The lowest BCUT2D eigenvalue weighted by Crippen LogP contribution is -2.01. The summed E-state index contributed by atoms with van der Waals surface area (Å²) in [6, 6.07) is 0.514. The van der Waals surface area contributed by atoms with E-state index in [0.717, 1.165) is 0 Å². The molecule has 4 nitrogen and oxygen atoms in total. The molecule has 0 aliphatic heterocycles. The monoisotopic (exact) mass is 206 g/mol. The van der Waals surface area contributed by atoms with E-state index in [0.29, 0.717) is 11.5 Å². The molecule has 0 aromatic carbocycles. The lowest BCUT2D eigenvalue weighted by molar-refractivity contribution is 0.0691. The summed E-state index contributed by atoms with van der Waals surface area (Å²) in [4.78, 5) is 14.6. The molecule has 0 saturated heterocycles. The molecule has 0 bridgehead atoms. The zero-order valence-corrected chi connectivity index (χ0v) is 8.52. The van der Waals surface area contributed by atoms with Crippen LogP contribution in [0.1, 0.15) is 48.6 Å². The second-order valence-corrected chi connectivity index (χ2v) is 4.80. The van der Waals surface area contributed by atoms with Crippen LogP contribution in [0.25, 0.3) is 0 Å². The van der Waals surface area contributed by atoms with Crippen LogP contribution < -0.4 is 0 Å². The second kappa shape index (κ2) is 2.84. The number of aromatic carboxylic acids is 1. The highest BCUT2D eigenvalue weighted by molar-refractivity contribution is 5.84. The summed E-state index contributed by atoms with van der Waals surface area (Å²) in [5, 5.41) is 8.78. The minimum atomic E-state index is -0.935. The van der Waals surface area contributed by atoms with Crippen LogP contribution in [0.5, 0.6) is 0 Å². The number of nitrogens with zero attached hydrogens (tertiary/aromatic N) is 2. The van der Waals surface area contributed by atoms with Gasteiger partial charge in [-0.1, -0.05) is 12.8 Å². The zero-order chi connectivity index (χ0) is 10.5. The maximum atomic E-state index is 10.7. The van der Waals surface area contributed by atoms with Crippen LogP contribution in [0.4, 0.5) is 0 Å². The Hall–Kier alpha value is -1.32. The summed E-state index contributed by atoms with van der Waals surface area (Å²) in [6.07, 6.45) is 9.81. The normalized spacial score (nSPS) is 27.1. The van der Waals surface area contributed by atoms with Crippen molar-refractivity contribution in [3.63, 3.8) is 0 Å². The molecule has 1 spiro atoms. The van der Waals surface area contributed by atoms with E-state index >= 15 is 0 Å². The lowest BCUT2D eigenvalue weighted by atomic mass is 10.1. The zero-order valence-electron chi connectivity index (χ0n) is 8.52. The van der Waals surface area contributed by atoms with E-state index < -0.39 is 5.97 Å². The second-order valence-electron chi connectivity index (χ2n) is 4.80. The minimum Gasteiger partial charge on any atom is -0.476 e. The number of rotatable bonds is 2. The molecule has 1 aromatic heterocycles. The number of carbonyl (C=O) groups is 1. The highest BCUT2D eigenvalue weighted by Gasteiger charge is 2.56. The molecule has 1 heterocycles. The van der Waals surface area contributed by atoms with Crippen molar-refractivity contribution in [2.45, 2.75) is 38.1 Å². The van der Waals surface area contributed by atoms with Crippen molar-refractivity contribution in [2.75, 3.05) is 0 Å². The third-order valence-electron chi connectivity index (χ3n) is 3.93. The SMILES string of the molecule is O=C(O)c1cn(C2CC23CCCC3)cn1. The Balaban J connectivity index is 1.80. The lowest BCUT2D eigenvalue weighted by Gasteiger charge is -2.07. The maximum Gasteiger partial charge on any atom is 0.356 e. The van der Waals surface area contributed by atoms with E-state index in [9.17, 15) is 4.79 Å². The summed E-state index contributed by atoms with van der Waals surface area (Å²) in [6.45, 7) is 0. The number of aromatic nitrogens is 2. The Bertz CT molecular complexity index is 404. The highest BCUT2D eigenvalue weighted by atomic mass is 16.4. The van der Waals surface area contributed by atoms with Crippen molar-refractivity contribution in [3.05, 3.63) is 18.2 Å². The van der Waals surface area contributed by atoms with E-state index in [-0.39, 0.29) is 5.69 Å². The molecule has 2 aliphatic rings. The third kappa shape index (κ3) is 1.28. The van der Waals surface area contributed by atoms with E-state index in [1.807, 2.05) is 4.57 Å². The molecular weight excluding hydrogens is 192 g/mol. The first kappa shape index (κ1) is 8.95. The van der Waals surface area contributed by atoms with Crippen molar-refractivity contribution < 1.29 is 9.90 Å². The molecule has 2 saturated carbocycles. The molecule has 3 rings (SSSR count). The van der Waals surface area contributed by atoms with Gasteiger partial charge in [-0.3, -0.25) is 0 Å². The first-order valence-corrected chi connectivity index (χ1v) is 5.48. The largest absolute Gasteiger partial charge is 0.476 e. The van der Waals surface area contributed by atoms with Gasteiger partial charge < -0.3 is 9.67 Å². The Morgan fingerprint density at radius 1 is 1.53 bits per heavy atom. The van der Waals surface area contributed by atoms with E-state index in [1.165, 1.54) is 32.1 Å². The molecule has 4 heteroatoms. The maximum absolute atomic E-state index is 10.7. The summed E-state index contributed by atoms with van der Waals surface area (Å²) in [5.41, 5.74) is 0.659. The van der Waals surface area contributed by atoms with Crippen LogP contribution in [0.3, 0.4) is 0 Å². The van der Waals surface area contributed by atoms with Gasteiger partial charge in [-0.2, -0.15) is 0 Å². The molecular formula is C11H14N2O2. The van der Waals surface area contributed by atoms with E-state index in [1.54, 1.807) is 12.5 Å². The summed E-state index contributed by atoms with van der Waals surface area (Å²) in [5.74, 6) is -0.935. The number of carboxylic acid groups (broad SMARTS) is 1. The van der Waals surface area contributed by atoms with Crippen molar-refractivity contribution in [2.24, 2.45) is 5.41 Å². The Morgan fingerprint density at radius 3 is 2.87 bits per heavy atom. The van der Waals surface area contributed by atoms with Gasteiger partial charge in [-0.15, -0.1) is 0 Å². The van der Waals surface area contributed by atoms with Crippen LogP contribution in [-0.4, -0.2) is 20.6 Å². The first-order chi connectivity index (χ1) is 7.21. The number of hydrogen-bond acceptors (Lipinski definition) is 2. The van der Waals surface area contributed by atoms with Crippen molar-refractivity contribution >= 4 is 5.97 Å². The van der Waals surface area contributed by atoms with E-state index in [2.05, 4.69) is 4.98 Å². The minimum absolute atomic E-state index is 0.162. The fourth-order valence-electron chi connectivity index (χ4n) is 2.98. The first-order valence-electron chi connectivity index (χ1n) is 5.48. The smallest absolute Gasteiger partial charge is 0.356 e. The quantitative estimate of drug-likeness (QED) is 0.806. The molecule has 0 amide bonds. The van der Waals surface area contributed by atoms with Gasteiger partial charge in [0.25, 0.3) is 0 Å². The van der Waals surface area contributed by atoms with Gasteiger partial charge >= 0.3 is 5.97 Å². The number of imidazole rings is 1. The topological polar surface area (TPSA) is 55.1 Å². The van der Waals surface area contributed by atoms with Crippen molar-refractivity contribution in [3.8, 4) is 0 Å². The summed E-state index contributed by atoms with van der Waals surface area (Å²) in [7, 11) is 0. The predicted molar refractivity (Wildman–Crippen MR) is 53.7 cm³/mol. The third-order valence-corrected chi connectivity index (χ3v) is 3.93. The van der Waals surface area contributed by atoms with Crippen LogP contribution in [0.2, 0.25) is 0 Å². The van der Waals surface area contributed by atoms with Crippen LogP contribution in [0.15, 0.2) is 12.5 Å². The van der Waals surface area contributed by atoms with E-state index in [4.69, 9.17) is 5.11 Å². The van der Waals surface area contributed by atoms with Crippen LogP contribution >= 0.6 is 0 Å². The van der Waals surface area contributed by atoms with Gasteiger partial charge in [0.05, 0.1) is 6.33 Å². The molecule has 1 aromatic rings. The Kier molecular flexibility index (Phi) is 1.69. The van der Waals surface area contributed by atoms with Crippen LogP contribution in [0, 0.1) is 5.41 Å². The Morgan fingerprint density at radius 2 is 2.27 bits per heavy atom. The van der Waals surface area contributed by atoms with Gasteiger partial charge in [-0.25, -0.2) is 9.78 Å². The summed E-state index contributed by atoms with van der Waals surface area (Å²) < 4.78 is 1.99. The highest BCUT2D eigenvalue weighted by Crippen LogP contribution is 2.65. The fraction of sp³-hybridized carbons (Fsp3) is 0.636. The molecule has 1 atom stereocenters. The van der Waals surface area contributed by atoms with Crippen LogP contribution in [-0.2, 0) is 0 Å². The summed E-state index contributed by atoms with van der Waals surface area (Å²) >= 11 is 0. The standard InChI is InChI=1S/C11H14N2O2/c14-10(15)8-6-13(7-12-8)9-5-11(9)3-1-2-4-11/h6-7,9H,1-5H2,(H,14,15). The van der Waals surface area contributed by atoms with Crippen molar-refractivity contribution in [1.29, 1.82) is 0 Å². The molecule has 0 radical (unpaired) electrons. The molecule has 15 heavy (non-hydrogen) atoms. The number of hydrogen-bond donors (Lipinski definition) is 1. The van der Waals surface area contributed by atoms with Gasteiger partial charge in [0.1, 0.15) is 0 Å². The molecule has 1 N–H and O–H groups in total. The molecule has 80 valence electrons. The molecule has 2 fully saturated rings. The van der Waals surface area contributed by atoms with Gasteiger partial charge in [0.15, 0.2) is 5.69 Å². The fourth-order valence-corrected chi connectivity index (χ4v) is 2.98. The van der Waals surface area contributed by atoms with Gasteiger partial charge in [0, 0.05) is 12.2 Å². The Labute approximate surface area is 87.9 Å².